The number of nitrogens with zero attached hydrogens (tertiary/aromatic N) is 2. The summed E-state index contributed by atoms with van der Waals surface area (Å²) in [5, 5.41) is 9.75. The molecule has 3 N–H and O–H groups in total. The number of rotatable bonds is 6. The molecular formula is C13H21N5O. The van der Waals surface area contributed by atoms with Crippen LogP contribution in [0.15, 0.2) is 18.7 Å². The highest BCUT2D eigenvalue weighted by Gasteiger charge is 2.13. The standard InChI is InChI=1S/C13H21N5O/c1-3-4-15-12-7-13(18-10(2)17-12)16-9-11-8-14-5-6-19-11/h3,7,11,14H,1,4-6,8-9H2,2H3,(H2,15,16,17,18). The van der Waals surface area contributed by atoms with Gasteiger partial charge in [0, 0.05) is 32.2 Å². The fraction of sp³-hybridized carbons (Fsp3) is 0.538. The van der Waals surface area contributed by atoms with Crippen molar-refractivity contribution in [1.29, 1.82) is 0 Å². The van der Waals surface area contributed by atoms with E-state index < -0.39 is 0 Å². The van der Waals surface area contributed by atoms with Crippen LogP contribution in [0.25, 0.3) is 0 Å². The van der Waals surface area contributed by atoms with Gasteiger partial charge in [-0.2, -0.15) is 0 Å². The lowest BCUT2D eigenvalue weighted by molar-refractivity contribution is 0.0372. The fourth-order valence-corrected chi connectivity index (χ4v) is 1.89. The van der Waals surface area contributed by atoms with Gasteiger partial charge in [0.1, 0.15) is 17.5 Å². The summed E-state index contributed by atoms with van der Waals surface area (Å²) in [6.45, 7) is 9.55. The van der Waals surface area contributed by atoms with E-state index in [-0.39, 0.29) is 6.10 Å². The Kier molecular flexibility index (Phi) is 5.11. The largest absolute Gasteiger partial charge is 0.374 e. The highest BCUT2D eigenvalue weighted by atomic mass is 16.5. The van der Waals surface area contributed by atoms with Crippen LogP contribution >= 0.6 is 0 Å². The molecule has 0 bridgehead atoms. The Morgan fingerprint density at radius 2 is 2.26 bits per heavy atom. The van der Waals surface area contributed by atoms with E-state index in [0.29, 0.717) is 6.54 Å². The molecule has 0 aliphatic carbocycles. The molecule has 1 aliphatic heterocycles. The first-order valence-electron chi connectivity index (χ1n) is 6.54. The lowest BCUT2D eigenvalue weighted by Gasteiger charge is -2.24. The molecule has 1 aromatic rings. The van der Waals surface area contributed by atoms with Gasteiger partial charge in [-0.3, -0.25) is 0 Å². The normalized spacial score (nSPS) is 18.9. The number of hydrogen-bond acceptors (Lipinski definition) is 6. The van der Waals surface area contributed by atoms with Crippen LogP contribution in [0.5, 0.6) is 0 Å². The average Bonchev–Trinajstić information content (AvgIpc) is 2.43. The van der Waals surface area contributed by atoms with Crippen LogP contribution < -0.4 is 16.0 Å². The minimum absolute atomic E-state index is 0.189. The molecule has 1 aliphatic rings. The van der Waals surface area contributed by atoms with Crippen LogP contribution in [-0.2, 0) is 4.74 Å². The summed E-state index contributed by atoms with van der Waals surface area (Å²) in [6.07, 6.45) is 1.99. The third-order valence-corrected chi connectivity index (χ3v) is 2.78. The van der Waals surface area contributed by atoms with Crippen molar-refractivity contribution in [1.82, 2.24) is 15.3 Å². The first-order chi connectivity index (χ1) is 9.28. The Labute approximate surface area is 113 Å². The Bertz CT molecular complexity index is 417. The van der Waals surface area contributed by atoms with Gasteiger partial charge < -0.3 is 20.7 Å². The van der Waals surface area contributed by atoms with Crippen LogP contribution in [0.1, 0.15) is 5.82 Å². The van der Waals surface area contributed by atoms with Crippen LogP contribution in [0.2, 0.25) is 0 Å². The molecule has 1 atom stereocenters. The van der Waals surface area contributed by atoms with Gasteiger partial charge in [0.05, 0.1) is 12.7 Å². The van der Waals surface area contributed by atoms with Crippen molar-refractivity contribution in [2.75, 3.05) is 43.4 Å². The first kappa shape index (κ1) is 13.8. The van der Waals surface area contributed by atoms with Crippen molar-refractivity contribution in [3.63, 3.8) is 0 Å². The quantitative estimate of drug-likeness (QED) is 0.659. The zero-order valence-electron chi connectivity index (χ0n) is 11.3. The minimum atomic E-state index is 0.189. The molecule has 0 aromatic carbocycles. The molecule has 0 saturated carbocycles. The second-order valence-corrected chi connectivity index (χ2v) is 4.43. The number of aryl methyl sites for hydroxylation is 1. The smallest absolute Gasteiger partial charge is 0.132 e. The van der Waals surface area contributed by atoms with Gasteiger partial charge in [0.15, 0.2) is 0 Å². The molecule has 6 nitrogen and oxygen atoms in total. The number of nitrogens with one attached hydrogen (secondary N) is 3. The van der Waals surface area contributed by atoms with Crippen molar-refractivity contribution in [3.05, 3.63) is 24.5 Å². The number of anilines is 2. The first-order valence-corrected chi connectivity index (χ1v) is 6.54. The highest BCUT2D eigenvalue weighted by molar-refractivity contribution is 5.47. The summed E-state index contributed by atoms with van der Waals surface area (Å²) in [5.41, 5.74) is 0. The maximum absolute atomic E-state index is 5.63. The van der Waals surface area contributed by atoms with E-state index in [4.69, 9.17) is 4.74 Å². The second-order valence-electron chi connectivity index (χ2n) is 4.43. The highest BCUT2D eigenvalue weighted by Crippen LogP contribution is 2.11. The maximum atomic E-state index is 5.63. The van der Waals surface area contributed by atoms with E-state index in [9.17, 15) is 0 Å². The zero-order chi connectivity index (χ0) is 13.5. The molecule has 2 heterocycles. The van der Waals surface area contributed by atoms with Crippen molar-refractivity contribution < 1.29 is 4.74 Å². The number of hydrogen-bond donors (Lipinski definition) is 3. The van der Waals surface area contributed by atoms with E-state index in [1.807, 2.05) is 13.0 Å². The van der Waals surface area contributed by atoms with Gasteiger partial charge in [0.2, 0.25) is 0 Å². The Balaban J connectivity index is 1.91. The molecule has 1 saturated heterocycles. The zero-order valence-corrected chi connectivity index (χ0v) is 11.3. The topological polar surface area (TPSA) is 71.1 Å². The molecule has 1 unspecified atom stereocenters. The van der Waals surface area contributed by atoms with Crippen LogP contribution in [0.3, 0.4) is 0 Å². The Hall–Kier alpha value is -1.66. The third-order valence-electron chi connectivity index (χ3n) is 2.78. The summed E-state index contributed by atoms with van der Waals surface area (Å²) in [5.74, 6) is 2.35. The van der Waals surface area contributed by atoms with Gasteiger partial charge in [-0.25, -0.2) is 9.97 Å². The van der Waals surface area contributed by atoms with E-state index in [2.05, 4.69) is 32.5 Å². The van der Waals surface area contributed by atoms with Crippen LogP contribution in [0, 0.1) is 6.92 Å². The molecule has 1 aromatic heterocycles. The summed E-state index contributed by atoms with van der Waals surface area (Å²) in [7, 11) is 0. The van der Waals surface area contributed by atoms with Crippen molar-refractivity contribution in [3.8, 4) is 0 Å². The molecular weight excluding hydrogens is 242 g/mol. The van der Waals surface area contributed by atoms with Gasteiger partial charge in [-0.15, -0.1) is 6.58 Å². The minimum Gasteiger partial charge on any atom is -0.374 e. The molecule has 6 heteroatoms. The van der Waals surface area contributed by atoms with E-state index in [0.717, 1.165) is 43.7 Å². The summed E-state index contributed by atoms with van der Waals surface area (Å²) in [6, 6.07) is 1.90. The van der Waals surface area contributed by atoms with E-state index >= 15 is 0 Å². The fourth-order valence-electron chi connectivity index (χ4n) is 1.89. The molecule has 1 fully saturated rings. The third kappa shape index (κ3) is 4.50. The Morgan fingerprint density at radius 3 is 2.95 bits per heavy atom. The van der Waals surface area contributed by atoms with E-state index in [1.165, 1.54) is 0 Å². The molecule has 0 amide bonds. The Morgan fingerprint density at radius 1 is 1.47 bits per heavy atom. The monoisotopic (exact) mass is 263 g/mol. The van der Waals surface area contributed by atoms with Gasteiger partial charge in [-0.1, -0.05) is 6.08 Å². The molecule has 0 radical (unpaired) electrons. The van der Waals surface area contributed by atoms with Gasteiger partial charge >= 0.3 is 0 Å². The van der Waals surface area contributed by atoms with Gasteiger partial charge in [-0.05, 0) is 6.92 Å². The lowest BCUT2D eigenvalue weighted by Crippen LogP contribution is -2.42. The molecule has 2 rings (SSSR count). The van der Waals surface area contributed by atoms with Crippen molar-refractivity contribution in [2.24, 2.45) is 0 Å². The number of ether oxygens (including phenoxy) is 1. The molecule has 104 valence electrons. The van der Waals surface area contributed by atoms with Gasteiger partial charge in [0.25, 0.3) is 0 Å². The summed E-state index contributed by atoms with van der Waals surface area (Å²) < 4.78 is 5.63. The molecule has 19 heavy (non-hydrogen) atoms. The van der Waals surface area contributed by atoms with Crippen molar-refractivity contribution in [2.45, 2.75) is 13.0 Å². The lowest BCUT2D eigenvalue weighted by atomic mass is 10.3. The van der Waals surface area contributed by atoms with Crippen LogP contribution in [-0.4, -0.2) is 48.9 Å². The van der Waals surface area contributed by atoms with Crippen LogP contribution in [0.4, 0.5) is 11.6 Å². The number of morpholine rings is 1. The average molecular weight is 263 g/mol. The SMILES string of the molecule is C=CCNc1cc(NCC2CNCCO2)nc(C)n1. The predicted octanol–water partition coefficient (Wildman–Crippen LogP) is 0.783. The number of aromatic nitrogens is 2. The summed E-state index contributed by atoms with van der Waals surface area (Å²) >= 11 is 0. The second kappa shape index (κ2) is 7.06. The van der Waals surface area contributed by atoms with Crippen molar-refractivity contribution >= 4 is 11.6 Å². The van der Waals surface area contributed by atoms with E-state index in [1.54, 1.807) is 6.08 Å². The predicted molar refractivity (Wildman–Crippen MR) is 76.6 cm³/mol. The maximum Gasteiger partial charge on any atom is 0.132 e. The molecule has 0 spiro atoms. The summed E-state index contributed by atoms with van der Waals surface area (Å²) in [4.78, 5) is 8.67.